The summed E-state index contributed by atoms with van der Waals surface area (Å²) in [6, 6.07) is 8.07. The quantitative estimate of drug-likeness (QED) is 0.690. The molecule has 1 aromatic heterocycles. The number of furan rings is 1. The van der Waals surface area contributed by atoms with Crippen molar-refractivity contribution in [3.8, 4) is 0 Å². The van der Waals surface area contributed by atoms with Crippen LogP contribution in [0.5, 0.6) is 0 Å². The van der Waals surface area contributed by atoms with Crippen molar-refractivity contribution in [1.82, 2.24) is 0 Å². The molecule has 2 aromatic rings. The van der Waals surface area contributed by atoms with Crippen LogP contribution in [0.1, 0.15) is 13.3 Å². The molecule has 1 atom stereocenters. The summed E-state index contributed by atoms with van der Waals surface area (Å²) in [4.78, 5) is 0. The molecule has 0 saturated carbocycles. The second-order valence-corrected chi connectivity index (χ2v) is 4.43. The molecule has 76 valence electrons. The Hall–Kier alpha value is -1.54. The van der Waals surface area contributed by atoms with E-state index in [2.05, 4.69) is 18.2 Å². The van der Waals surface area contributed by atoms with Gasteiger partial charge in [-0.3, -0.25) is 0 Å². The summed E-state index contributed by atoms with van der Waals surface area (Å²) in [6.45, 7) is 2.04. The topological polar surface area (TPSA) is 39.2 Å². The zero-order chi connectivity index (χ0) is 10.5. The van der Waals surface area contributed by atoms with Crippen molar-refractivity contribution in [2.24, 2.45) is 5.73 Å². The van der Waals surface area contributed by atoms with Gasteiger partial charge in [0.15, 0.2) is 0 Å². The molecule has 2 N–H and O–H groups in total. The van der Waals surface area contributed by atoms with Crippen LogP contribution in [0.15, 0.2) is 28.7 Å². The Balaban J connectivity index is 2.51. The Bertz CT molecular complexity index is 634. The lowest BCUT2D eigenvalue weighted by Crippen LogP contribution is -2.41. The van der Waals surface area contributed by atoms with E-state index in [1.165, 1.54) is 0 Å². The molecule has 0 radical (unpaired) electrons. The first-order valence-electron chi connectivity index (χ1n) is 5.15. The summed E-state index contributed by atoms with van der Waals surface area (Å²) in [5, 5.41) is 2.29. The average Bonchev–Trinajstić information content (AvgIpc) is 2.55. The third kappa shape index (κ3) is 1.29. The fourth-order valence-electron chi connectivity index (χ4n) is 2.09. The molecule has 0 spiro atoms. The van der Waals surface area contributed by atoms with Gasteiger partial charge in [-0.15, -0.1) is 0 Å². The molecule has 0 fully saturated rings. The van der Waals surface area contributed by atoms with Crippen molar-refractivity contribution < 1.29 is 4.42 Å². The van der Waals surface area contributed by atoms with Crippen LogP contribution in [0, 0.1) is 0 Å². The van der Waals surface area contributed by atoms with E-state index in [4.69, 9.17) is 10.2 Å². The molecule has 1 aromatic carbocycles. The Kier molecular flexibility index (Phi) is 1.59. The van der Waals surface area contributed by atoms with Crippen molar-refractivity contribution in [2.45, 2.75) is 18.9 Å². The van der Waals surface area contributed by atoms with Crippen LogP contribution in [0.3, 0.4) is 0 Å². The number of hydrogen-bond donors (Lipinski definition) is 1. The third-order valence-electron chi connectivity index (χ3n) is 2.86. The lowest BCUT2D eigenvalue weighted by Gasteiger charge is -2.19. The number of nitrogens with two attached hydrogens (primary N) is 1. The van der Waals surface area contributed by atoms with Crippen LogP contribution in [0.4, 0.5) is 0 Å². The summed E-state index contributed by atoms with van der Waals surface area (Å²) in [7, 11) is 0. The number of hydrogen-bond acceptors (Lipinski definition) is 2. The first-order valence-corrected chi connectivity index (χ1v) is 5.15. The summed E-state index contributed by atoms with van der Waals surface area (Å²) < 4.78 is 5.74. The lowest BCUT2D eigenvalue weighted by molar-refractivity contribution is 0.557. The van der Waals surface area contributed by atoms with Gasteiger partial charge in [-0.1, -0.05) is 24.3 Å². The van der Waals surface area contributed by atoms with Gasteiger partial charge in [0, 0.05) is 16.1 Å². The van der Waals surface area contributed by atoms with Crippen molar-refractivity contribution in [1.29, 1.82) is 0 Å². The molecule has 0 aliphatic heterocycles. The van der Waals surface area contributed by atoms with E-state index >= 15 is 0 Å². The largest absolute Gasteiger partial charge is 0.456 e. The second-order valence-electron chi connectivity index (χ2n) is 4.43. The Labute approximate surface area is 87.7 Å². The van der Waals surface area contributed by atoms with Crippen molar-refractivity contribution >= 4 is 23.1 Å². The zero-order valence-corrected chi connectivity index (χ0v) is 8.66. The lowest BCUT2D eigenvalue weighted by atomic mass is 9.94. The third-order valence-corrected chi connectivity index (χ3v) is 2.86. The molecule has 2 nitrogen and oxygen atoms in total. The fraction of sp³-hybridized carbons (Fsp3) is 0.231. The molecule has 1 heterocycles. The molecule has 1 unspecified atom stereocenters. The molecule has 15 heavy (non-hydrogen) atoms. The Morgan fingerprint density at radius 2 is 2.13 bits per heavy atom. The average molecular weight is 199 g/mol. The predicted molar refractivity (Wildman–Crippen MR) is 61.6 cm³/mol. The maximum Gasteiger partial charge on any atom is 0.135 e. The highest BCUT2D eigenvalue weighted by atomic mass is 16.3. The second kappa shape index (κ2) is 2.74. The highest BCUT2D eigenvalue weighted by molar-refractivity contribution is 5.80. The van der Waals surface area contributed by atoms with E-state index in [1.54, 1.807) is 0 Å². The van der Waals surface area contributed by atoms with E-state index in [1.807, 2.05) is 25.1 Å². The number of benzene rings is 1. The molecule has 0 bridgehead atoms. The molecule has 3 rings (SSSR count). The summed E-state index contributed by atoms with van der Waals surface area (Å²) in [6.07, 6.45) is 5.02. The molecule has 2 heteroatoms. The van der Waals surface area contributed by atoms with Crippen LogP contribution in [0.25, 0.3) is 23.1 Å². The maximum atomic E-state index is 6.11. The Morgan fingerprint density at radius 3 is 3.00 bits per heavy atom. The molecular formula is C13H13NO. The minimum Gasteiger partial charge on any atom is -0.456 e. The van der Waals surface area contributed by atoms with Gasteiger partial charge in [-0.2, -0.15) is 0 Å². The van der Waals surface area contributed by atoms with Gasteiger partial charge in [0.2, 0.25) is 0 Å². The predicted octanol–water partition coefficient (Wildman–Crippen LogP) is 1.11. The van der Waals surface area contributed by atoms with Crippen LogP contribution in [0.2, 0.25) is 0 Å². The van der Waals surface area contributed by atoms with Crippen molar-refractivity contribution in [2.75, 3.05) is 0 Å². The van der Waals surface area contributed by atoms with E-state index < -0.39 is 0 Å². The SMILES string of the molecule is CC1(N)C=c2c(oc3ccccc23)=CC1. The molecule has 0 amide bonds. The summed E-state index contributed by atoms with van der Waals surface area (Å²) in [5.74, 6) is 0. The van der Waals surface area contributed by atoms with E-state index in [9.17, 15) is 0 Å². The van der Waals surface area contributed by atoms with Crippen LogP contribution in [-0.2, 0) is 0 Å². The van der Waals surface area contributed by atoms with Gasteiger partial charge in [0.25, 0.3) is 0 Å². The van der Waals surface area contributed by atoms with Crippen LogP contribution in [-0.4, -0.2) is 5.54 Å². The zero-order valence-electron chi connectivity index (χ0n) is 8.66. The number of fused-ring (bicyclic) bond motifs is 3. The van der Waals surface area contributed by atoms with Gasteiger partial charge in [-0.05, 0) is 25.5 Å². The smallest absolute Gasteiger partial charge is 0.135 e. The van der Waals surface area contributed by atoms with E-state index in [0.717, 1.165) is 28.0 Å². The van der Waals surface area contributed by atoms with Crippen LogP contribution >= 0.6 is 0 Å². The minimum atomic E-state index is -0.250. The first kappa shape index (κ1) is 8.74. The standard InChI is InChI=1S/C13H13NO/c1-13(14)7-6-12-10(8-13)9-4-2-3-5-11(9)15-12/h2-6,8H,7,14H2,1H3. The highest BCUT2D eigenvalue weighted by Gasteiger charge is 2.18. The first-order chi connectivity index (χ1) is 7.16. The minimum absolute atomic E-state index is 0.250. The Morgan fingerprint density at radius 1 is 1.33 bits per heavy atom. The highest BCUT2D eigenvalue weighted by Crippen LogP contribution is 2.14. The van der Waals surface area contributed by atoms with Gasteiger partial charge in [-0.25, -0.2) is 0 Å². The summed E-state index contributed by atoms with van der Waals surface area (Å²) in [5.41, 5.74) is 7.76. The monoisotopic (exact) mass is 199 g/mol. The van der Waals surface area contributed by atoms with Gasteiger partial charge in [0.1, 0.15) is 11.0 Å². The normalized spacial score (nSPS) is 24.4. The number of para-hydroxylation sites is 1. The van der Waals surface area contributed by atoms with E-state index in [0.29, 0.717) is 0 Å². The van der Waals surface area contributed by atoms with Crippen LogP contribution < -0.4 is 16.4 Å². The fourth-order valence-corrected chi connectivity index (χ4v) is 2.09. The molecule has 0 saturated heterocycles. The van der Waals surface area contributed by atoms with Gasteiger partial charge >= 0.3 is 0 Å². The molecular weight excluding hydrogens is 186 g/mol. The van der Waals surface area contributed by atoms with Gasteiger partial charge in [0.05, 0.1) is 0 Å². The maximum absolute atomic E-state index is 6.11. The molecule has 1 aliphatic rings. The molecule has 1 aliphatic carbocycles. The summed E-state index contributed by atoms with van der Waals surface area (Å²) >= 11 is 0. The van der Waals surface area contributed by atoms with Gasteiger partial charge < -0.3 is 10.2 Å². The number of rotatable bonds is 0. The van der Waals surface area contributed by atoms with Crippen molar-refractivity contribution in [3.63, 3.8) is 0 Å². The van der Waals surface area contributed by atoms with E-state index in [-0.39, 0.29) is 5.54 Å². The van der Waals surface area contributed by atoms with Crippen molar-refractivity contribution in [3.05, 3.63) is 34.9 Å².